The van der Waals surface area contributed by atoms with Gasteiger partial charge in [-0.05, 0) is 47.6 Å². The lowest BCUT2D eigenvalue weighted by atomic mass is 9.98. The van der Waals surface area contributed by atoms with Crippen LogP contribution in [0.4, 0.5) is 18.9 Å². The zero-order chi connectivity index (χ0) is 25.9. The third kappa shape index (κ3) is 5.55. The Balaban J connectivity index is 0.00000167. The molecule has 4 rings (SSSR count). The standard InChI is InChI=1S/C20H17ClF3IN5O2P.CH5N/c1-11-6-16-13(9-28(11)17-7-26-30(33-25)19(32)18(17)21)15(10-31)27-29(16)8-12-4-2-3-5-14(12)20(22,23)24;1-2/h2-5,7,10-11,33H,6,8-9H2,1H3;2H2,1H3/t11-;/m1./s1. The molecule has 0 aliphatic carbocycles. The highest BCUT2D eigenvalue weighted by Gasteiger charge is 2.35. The Morgan fingerprint density at radius 2 is 2.00 bits per heavy atom. The highest BCUT2D eigenvalue weighted by atomic mass is 127. The highest BCUT2D eigenvalue weighted by Crippen LogP contribution is 2.35. The molecule has 8 nitrogen and oxygen atoms in total. The smallest absolute Gasteiger partial charge is 0.361 e. The normalized spacial score (nSPS) is 15.7. The molecular formula is C21H22ClF3IN6O2P. The average Bonchev–Trinajstić information content (AvgIpc) is 3.17. The SMILES string of the molecule is CN.C[C@@H]1Cc2c(c(C=O)nn2Cc2ccccc2C(F)(F)F)CN1c1cnn(PI)c(=O)c1Cl. The Morgan fingerprint density at radius 3 is 2.63 bits per heavy atom. The van der Waals surface area contributed by atoms with Gasteiger partial charge in [-0.1, -0.05) is 29.8 Å². The van der Waals surface area contributed by atoms with Crippen LogP contribution >= 0.6 is 40.0 Å². The zero-order valence-corrected chi connectivity index (χ0v) is 22.6. The molecule has 14 heteroatoms. The molecule has 1 aliphatic rings. The van der Waals surface area contributed by atoms with E-state index in [2.05, 4.69) is 15.9 Å². The van der Waals surface area contributed by atoms with Crippen LogP contribution in [-0.4, -0.2) is 38.7 Å². The number of rotatable bonds is 5. The molecule has 0 spiro atoms. The summed E-state index contributed by atoms with van der Waals surface area (Å²) in [6.07, 6.45) is -1.89. The number of benzene rings is 1. The molecular weight excluding hydrogens is 619 g/mol. The number of nitrogens with zero attached hydrogens (tertiary/aromatic N) is 5. The fourth-order valence-corrected chi connectivity index (χ4v) is 5.63. The molecule has 0 saturated heterocycles. The number of halogens is 5. The second-order valence-corrected chi connectivity index (χ2v) is 9.99. The van der Waals surface area contributed by atoms with E-state index >= 15 is 0 Å². The van der Waals surface area contributed by atoms with Gasteiger partial charge in [-0.25, -0.2) is 4.45 Å². The number of carbonyl (C=O) groups excluding carboxylic acids is 1. The molecule has 2 atom stereocenters. The van der Waals surface area contributed by atoms with Gasteiger partial charge in [0.2, 0.25) is 0 Å². The topological polar surface area (TPSA) is 99.0 Å². The van der Waals surface area contributed by atoms with Gasteiger partial charge in [0.25, 0.3) is 5.56 Å². The number of aldehydes is 1. The quantitative estimate of drug-likeness (QED) is 0.254. The van der Waals surface area contributed by atoms with Crippen LogP contribution < -0.4 is 16.2 Å². The second kappa shape index (κ2) is 11.4. The average molecular weight is 641 g/mol. The Hall–Kier alpha value is -2.02. The number of anilines is 1. The Labute approximate surface area is 218 Å². The predicted octanol–water partition coefficient (Wildman–Crippen LogP) is 4.29. The van der Waals surface area contributed by atoms with Crippen LogP contribution in [0.1, 0.15) is 39.8 Å². The van der Waals surface area contributed by atoms with Crippen molar-refractivity contribution in [3.05, 3.63) is 73.9 Å². The number of nitrogens with two attached hydrogens (primary N) is 1. The maximum atomic E-state index is 13.4. The van der Waals surface area contributed by atoms with E-state index in [4.69, 9.17) is 11.6 Å². The molecule has 3 aromatic rings. The summed E-state index contributed by atoms with van der Waals surface area (Å²) < 4.78 is 43.1. The molecule has 0 radical (unpaired) electrons. The summed E-state index contributed by atoms with van der Waals surface area (Å²) in [5.74, 6) is 0. The van der Waals surface area contributed by atoms with E-state index < -0.39 is 17.3 Å². The Bertz CT molecular complexity index is 1280. The lowest BCUT2D eigenvalue weighted by Crippen LogP contribution is -2.40. The largest absolute Gasteiger partial charge is 0.416 e. The van der Waals surface area contributed by atoms with Crippen molar-refractivity contribution in [3.63, 3.8) is 0 Å². The van der Waals surface area contributed by atoms with E-state index in [1.807, 2.05) is 33.9 Å². The first kappa shape index (κ1) is 27.6. The highest BCUT2D eigenvalue weighted by molar-refractivity contribution is 14.2. The van der Waals surface area contributed by atoms with Crippen molar-refractivity contribution in [1.29, 1.82) is 0 Å². The van der Waals surface area contributed by atoms with Gasteiger partial charge in [0.05, 0.1) is 30.4 Å². The van der Waals surface area contributed by atoms with Gasteiger partial charge >= 0.3 is 6.18 Å². The van der Waals surface area contributed by atoms with Gasteiger partial charge < -0.3 is 10.6 Å². The summed E-state index contributed by atoms with van der Waals surface area (Å²) >= 11 is 8.37. The van der Waals surface area contributed by atoms with Crippen LogP contribution in [0.5, 0.6) is 0 Å². The van der Waals surface area contributed by atoms with Gasteiger partial charge in [0, 0.05) is 30.3 Å². The number of aromatic nitrogens is 4. The van der Waals surface area contributed by atoms with Crippen molar-refractivity contribution in [1.82, 2.24) is 19.3 Å². The van der Waals surface area contributed by atoms with E-state index in [1.165, 1.54) is 34.5 Å². The van der Waals surface area contributed by atoms with Gasteiger partial charge in [-0.2, -0.15) is 23.4 Å². The number of alkyl halides is 3. The van der Waals surface area contributed by atoms with Crippen LogP contribution in [-0.2, 0) is 25.7 Å². The molecule has 188 valence electrons. The molecule has 0 fully saturated rings. The number of hydrogen-bond acceptors (Lipinski definition) is 6. The van der Waals surface area contributed by atoms with Crippen molar-refractivity contribution < 1.29 is 18.0 Å². The summed E-state index contributed by atoms with van der Waals surface area (Å²) in [5.41, 5.74) is 5.30. The first-order chi connectivity index (χ1) is 16.7. The van der Waals surface area contributed by atoms with Crippen LogP contribution in [0.15, 0.2) is 35.3 Å². The van der Waals surface area contributed by atoms with E-state index in [1.54, 1.807) is 6.07 Å². The van der Waals surface area contributed by atoms with Gasteiger partial charge in [0.1, 0.15) is 10.7 Å². The van der Waals surface area contributed by atoms with Crippen LogP contribution in [0.2, 0.25) is 5.02 Å². The second-order valence-electron chi connectivity index (χ2n) is 7.57. The minimum absolute atomic E-state index is 0.0311. The Morgan fingerprint density at radius 1 is 1.31 bits per heavy atom. The molecule has 3 heterocycles. The van der Waals surface area contributed by atoms with E-state index in [0.29, 0.717) is 29.7 Å². The fraction of sp³-hybridized carbons (Fsp3) is 0.333. The van der Waals surface area contributed by atoms with Gasteiger partial charge in [-0.3, -0.25) is 14.3 Å². The van der Waals surface area contributed by atoms with Crippen LogP contribution in [0.3, 0.4) is 0 Å². The first-order valence-electron chi connectivity index (χ1n) is 10.3. The molecule has 1 unspecified atom stereocenters. The summed E-state index contributed by atoms with van der Waals surface area (Å²) in [6.45, 7) is 2.02. The van der Waals surface area contributed by atoms with Crippen molar-refractivity contribution in [2.45, 2.75) is 38.7 Å². The monoisotopic (exact) mass is 640 g/mol. The van der Waals surface area contributed by atoms with Crippen LogP contribution in [0, 0.1) is 0 Å². The zero-order valence-electron chi connectivity index (χ0n) is 18.7. The van der Waals surface area contributed by atoms with Crippen molar-refractivity contribution in [3.8, 4) is 0 Å². The molecule has 2 N–H and O–H groups in total. The number of fused-ring (bicyclic) bond motifs is 1. The fourth-order valence-electron chi connectivity index (χ4n) is 4.00. The molecule has 0 saturated carbocycles. The summed E-state index contributed by atoms with van der Waals surface area (Å²) in [4.78, 5) is 26.0. The number of hydrogen-bond donors (Lipinski definition) is 1. The third-order valence-electron chi connectivity index (χ3n) is 5.59. The Kier molecular flexibility index (Phi) is 8.95. The predicted molar refractivity (Wildman–Crippen MR) is 139 cm³/mol. The lowest BCUT2D eigenvalue weighted by Gasteiger charge is -2.36. The number of carbonyl (C=O) groups is 1. The van der Waals surface area contributed by atoms with E-state index in [0.717, 1.165) is 6.07 Å². The minimum Gasteiger partial charge on any atom is -0.361 e. The van der Waals surface area contributed by atoms with Crippen molar-refractivity contribution in [2.75, 3.05) is 11.9 Å². The van der Waals surface area contributed by atoms with Crippen LogP contribution in [0.25, 0.3) is 0 Å². The molecule has 1 aromatic carbocycles. The maximum absolute atomic E-state index is 13.4. The first-order valence-corrected chi connectivity index (χ1v) is 14.8. The molecule has 0 bridgehead atoms. The van der Waals surface area contributed by atoms with Gasteiger partial charge in [-0.15, -0.1) is 0 Å². The molecule has 2 aromatic heterocycles. The molecule has 35 heavy (non-hydrogen) atoms. The third-order valence-corrected chi connectivity index (χ3v) is 7.80. The maximum Gasteiger partial charge on any atom is 0.416 e. The summed E-state index contributed by atoms with van der Waals surface area (Å²) in [7, 11) is 1.50. The summed E-state index contributed by atoms with van der Waals surface area (Å²) in [5, 5.41) is 8.48. The van der Waals surface area contributed by atoms with Crippen molar-refractivity contribution in [2.24, 2.45) is 5.73 Å². The molecule has 0 amide bonds. The lowest BCUT2D eigenvalue weighted by molar-refractivity contribution is -0.138. The van der Waals surface area contributed by atoms with Crippen molar-refractivity contribution >= 4 is 52.0 Å². The van der Waals surface area contributed by atoms with Gasteiger partial charge in [0.15, 0.2) is 6.29 Å². The summed E-state index contributed by atoms with van der Waals surface area (Å²) in [6, 6.07) is 5.15. The van der Waals surface area contributed by atoms with E-state index in [9.17, 15) is 22.8 Å². The minimum atomic E-state index is -4.50. The van der Waals surface area contributed by atoms with E-state index in [-0.39, 0.29) is 41.8 Å². The molecule has 1 aliphatic heterocycles.